The molecule has 1 aliphatic rings. The minimum Gasteiger partial charge on any atom is -0.375 e. The van der Waals surface area contributed by atoms with E-state index in [0.29, 0.717) is 12.1 Å². The van der Waals surface area contributed by atoms with E-state index in [1.165, 1.54) is 7.11 Å². The number of aromatic nitrogens is 2. The average molecular weight is 237 g/mol. The molecule has 1 N–H and O–H groups in total. The van der Waals surface area contributed by atoms with Crippen molar-refractivity contribution < 1.29 is 9.53 Å². The van der Waals surface area contributed by atoms with E-state index >= 15 is 0 Å². The summed E-state index contributed by atoms with van der Waals surface area (Å²) >= 11 is 0. The second-order valence-corrected chi connectivity index (χ2v) is 4.49. The van der Waals surface area contributed by atoms with E-state index in [-0.39, 0.29) is 12.5 Å². The first-order valence-corrected chi connectivity index (χ1v) is 6.07. The summed E-state index contributed by atoms with van der Waals surface area (Å²) in [4.78, 5) is 11.4. The molecule has 1 amide bonds. The Morgan fingerprint density at radius 1 is 1.47 bits per heavy atom. The molecule has 0 spiro atoms. The third-order valence-corrected chi connectivity index (χ3v) is 3.24. The van der Waals surface area contributed by atoms with Crippen LogP contribution in [0.4, 0.5) is 0 Å². The molecule has 0 aromatic carbocycles. The van der Waals surface area contributed by atoms with Crippen molar-refractivity contribution in [3.63, 3.8) is 0 Å². The zero-order valence-corrected chi connectivity index (χ0v) is 10.1. The topological polar surface area (TPSA) is 56.1 Å². The van der Waals surface area contributed by atoms with Gasteiger partial charge in [-0.25, -0.2) is 0 Å². The number of carbonyl (C=O) groups excluding carboxylic acids is 1. The molecule has 1 saturated carbocycles. The highest BCUT2D eigenvalue weighted by atomic mass is 16.5. The summed E-state index contributed by atoms with van der Waals surface area (Å²) in [5.74, 6) is -0.0185. The van der Waals surface area contributed by atoms with Gasteiger partial charge in [-0.1, -0.05) is 0 Å². The first kappa shape index (κ1) is 12.1. The van der Waals surface area contributed by atoms with Crippen LogP contribution in [0.1, 0.15) is 31.7 Å². The fourth-order valence-corrected chi connectivity index (χ4v) is 2.38. The SMILES string of the molecule is COCC(=O)NC1CCC(n2cccn2)CC1. The van der Waals surface area contributed by atoms with E-state index < -0.39 is 0 Å². The van der Waals surface area contributed by atoms with Crippen molar-refractivity contribution in [2.24, 2.45) is 0 Å². The van der Waals surface area contributed by atoms with Gasteiger partial charge in [0.15, 0.2) is 0 Å². The number of hydrogen-bond donors (Lipinski definition) is 1. The lowest BCUT2D eigenvalue weighted by molar-refractivity contribution is -0.125. The van der Waals surface area contributed by atoms with Crippen molar-refractivity contribution >= 4 is 5.91 Å². The number of nitrogens with one attached hydrogen (secondary N) is 1. The molecule has 0 saturated heterocycles. The van der Waals surface area contributed by atoms with Crippen LogP contribution in [-0.2, 0) is 9.53 Å². The molecular formula is C12H19N3O2. The molecule has 17 heavy (non-hydrogen) atoms. The Bertz CT molecular complexity index is 343. The van der Waals surface area contributed by atoms with E-state index in [9.17, 15) is 4.79 Å². The predicted octanol–water partition coefficient (Wildman–Crippen LogP) is 1.13. The van der Waals surface area contributed by atoms with Crippen molar-refractivity contribution in [1.82, 2.24) is 15.1 Å². The molecule has 0 unspecified atom stereocenters. The molecule has 1 aliphatic carbocycles. The van der Waals surface area contributed by atoms with E-state index in [4.69, 9.17) is 4.74 Å². The summed E-state index contributed by atoms with van der Waals surface area (Å²) in [6.45, 7) is 0.152. The summed E-state index contributed by atoms with van der Waals surface area (Å²) < 4.78 is 6.82. The zero-order valence-electron chi connectivity index (χ0n) is 10.1. The Hall–Kier alpha value is -1.36. The van der Waals surface area contributed by atoms with Gasteiger partial charge in [0.2, 0.25) is 5.91 Å². The molecule has 1 aromatic heterocycles. The summed E-state index contributed by atoms with van der Waals surface area (Å²) in [6.07, 6.45) is 7.99. The fraction of sp³-hybridized carbons (Fsp3) is 0.667. The molecule has 2 rings (SSSR count). The van der Waals surface area contributed by atoms with Gasteiger partial charge < -0.3 is 10.1 Å². The van der Waals surface area contributed by atoms with Gasteiger partial charge in [0.1, 0.15) is 6.61 Å². The Morgan fingerprint density at radius 2 is 2.24 bits per heavy atom. The summed E-state index contributed by atoms with van der Waals surface area (Å²) in [7, 11) is 1.54. The van der Waals surface area contributed by atoms with Crippen LogP contribution in [-0.4, -0.2) is 35.4 Å². The number of hydrogen-bond acceptors (Lipinski definition) is 3. The lowest BCUT2D eigenvalue weighted by Crippen LogP contribution is -2.39. The van der Waals surface area contributed by atoms with Gasteiger partial charge in [-0.05, 0) is 31.7 Å². The molecular weight excluding hydrogens is 218 g/mol. The second-order valence-electron chi connectivity index (χ2n) is 4.49. The molecule has 0 atom stereocenters. The standard InChI is InChI=1S/C12H19N3O2/c1-17-9-12(16)14-10-3-5-11(6-4-10)15-8-2-7-13-15/h2,7-8,10-11H,3-6,9H2,1H3,(H,14,16). The van der Waals surface area contributed by atoms with Crippen molar-refractivity contribution in [1.29, 1.82) is 0 Å². The van der Waals surface area contributed by atoms with Crippen LogP contribution in [0.5, 0.6) is 0 Å². The van der Waals surface area contributed by atoms with Crippen LogP contribution in [0.3, 0.4) is 0 Å². The number of rotatable bonds is 4. The van der Waals surface area contributed by atoms with Crippen LogP contribution in [0.15, 0.2) is 18.5 Å². The van der Waals surface area contributed by atoms with Crippen molar-refractivity contribution in [3.8, 4) is 0 Å². The van der Waals surface area contributed by atoms with E-state index in [1.807, 2.05) is 23.1 Å². The van der Waals surface area contributed by atoms with Crippen molar-refractivity contribution in [2.45, 2.75) is 37.8 Å². The predicted molar refractivity (Wildman–Crippen MR) is 63.5 cm³/mol. The summed E-state index contributed by atoms with van der Waals surface area (Å²) in [5, 5.41) is 7.26. The molecule has 1 fully saturated rings. The van der Waals surface area contributed by atoms with E-state index in [2.05, 4.69) is 10.4 Å². The highest BCUT2D eigenvalue weighted by Gasteiger charge is 2.23. The van der Waals surface area contributed by atoms with E-state index in [0.717, 1.165) is 25.7 Å². The van der Waals surface area contributed by atoms with Crippen LogP contribution in [0.25, 0.3) is 0 Å². The van der Waals surface area contributed by atoms with Crippen molar-refractivity contribution in [3.05, 3.63) is 18.5 Å². The Labute approximate surface area is 101 Å². The maximum atomic E-state index is 11.4. The largest absolute Gasteiger partial charge is 0.375 e. The van der Waals surface area contributed by atoms with Crippen LogP contribution in [0, 0.1) is 0 Å². The molecule has 0 bridgehead atoms. The lowest BCUT2D eigenvalue weighted by Gasteiger charge is -2.29. The highest BCUT2D eigenvalue weighted by Crippen LogP contribution is 2.27. The van der Waals surface area contributed by atoms with Gasteiger partial charge in [-0.2, -0.15) is 5.10 Å². The van der Waals surface area contributed by atoms with Gasteiger partial charge >= 0.3 is 0 Å². The molecule has 5 nitrogen and oxygen atoms in total. The fourth-order valence-electron chi connectivity index (χ4n) is 2.38. The zero-order chi connectivity index (χ0) is 12.1. The Balaban J connectivity index is 1.76. The molecule has 0 aliphatic heterocycles. The number of nitrogens with zero attached hydrogens (tertiary/aromatic N) is 2. The highest BCUT2D eigenvalue weighted by molar-refractivity contribution is 5.77. The molecule has 1 heterocycles. The third-order valence-electron chi connectivity index (χ3n) is 3.24. The van der Waals surface area contributed by atoms with Crippen LogP contribution in [0.2, 0.25) is 0 Å². The van der Waals surface area contributed by atoms with Gasteiger partial charge in [0.05, 0.1) is 6.04 Å². The smallest absolute Gasteiger partial charge is 0.246 e. The Kier molecular flexibility index (Phi) is 4.14. The summed E-state index contributed by atoms with van der Waals surface area (Å²) in [6, 6.07) is 2.73. The van der Waals surface area contributed by atoms with Gasteiger partial charge in [0, 0.05) is 25.5 Å². The Morgan fingerprint density at radius 3 is 2.82 bits per heavy atom. The van der Waals surface area contributed by atoms with Crippen LogP contribution >= 0.6 is 0 Å². The number of ether oxygens (including phenoxy) is 1. The van der Waals surface area contributed by atoms with E-state index in [1.54, 1.807) is 0 Å². The minimum atomic E-state index is -0.0185. The number of amides is 1. The van der Waals surface area contributed by atoms with Gasteiger partial charge in [-0.3, -0.25) is 9.48 Å². The third kappa shape index (κ3) is 3.30. The molecule has 0 radical (unpaired) electrons. The van der Waals surface area contributed by atoms with Crippen LogP contribution < -0.4 is 5.32 Å². The molecule has 94 valence electrons. The quantitative estimate of drug-likeness (QED) is 0.854. The minimum absolute atomic E-state index is 0.0185. The summed E-state index contributed by atoms with van der Waals surface area (Å²) in [5.41, 5.74) is 0. The van der Waals surface area contributed by atoms with Gasteiger partial charge in [-0.15, -0.1) is 0 Å². The van der Waals surface area contributed by atoms with Crippen molar-refractivity contribution in [2.75, 3.05) is 13.7 Å². The number of methoxy groups -OCH3 is 1. The lowest BCUT2D eigenvalue weighted by atomic mass is 9.91. The normalized spacial score (nSPS) is 24.5. The molecule has 1 aromatic rings. The first-order chi connectivity index (χ1) is 8.29. The number of carbonyl (C=O) groups is 1. The van der Waals surface area contributed by atoms with Gasteiger partial charge in [0.25, 0.3) is 0 Å². The monoisotopic (exact) mass is 237 g/mol. The molecule has 5 heteroatoms. The second kappa shape index (κ2) is 5.82. The average Bonchev–Trinajstić information content (AvgIpc) is 2.84. The maximum absolute atomic E-state index is 11.4. The maximum Gasteiger partial charge on any atom is 0.246 e. The first-order valence-electron chi connectivity index (χ1n) is 6.07.